The van der Waals surface area contributed by atoms with Crippen molar-refractivity contribution in [3.8, 4) is 0 Å². The molecule has 1 atom stereocenters. The molecule has 0 bridgehead atoms. The number of hydrogen-bond donors (Lipinski definition) is 0. The monoisotopic (exact) mass is 356 g/mol. The Morgan fingerprint density at radius 3 is 2.88 bits per heavy atom. The number of non-ortho nitro benzene ring substituents is 1. The number of esters is 1. The minimum absolute atomic E-state index is 0.00243. The number of hydrogen-bond acceptors (Lipinski definition) is 6. The van der Waals surface area contributed by atoms with Gasteiger partial charge < -0.3 is 4.74 Å². The first-order chi connectivity index (χ1) is 11.3. The topological polar surface area (TPSA) is 107 Å². The van der Waals surface area contributed by atoms with E-state index in [1.54, 1.807) is 13.0 Å². The summed E-state index contributed by atoms with van der Waals surface area (Å²) in [7, 11) is -3.32. The zero-order chi connectivity index (χ0) is 17.7. The van der Waals surface area contributed by atoms with E-state index in [-0.39, 0.29) is 24.6 Å². The molecule has 1 unspecified atom stereocenters. The molecule has 0 radical (unpaired) electrons. The molecule has 0 aromatic heterocycles. The van der Waals surface area contributed by atoms with Crippen LogP contribution in [0.2, 0.25) is 0 Å². The van der Waals surface area contributed by atoms with Crippen molar-refractivity contribution < 1.29 is 22.9 Å². The SMILES string of the molecule is CCS(=O)(=O)N1CCCC(C(=O)OCc2cccc([N+](=O)[O-])c2)C1. The standard InChI is InChI=1S/C15H20N2O6S/c1-2-24(21,22)16-8-4-6-13(10-16)15(18)23-11-12-5-3-7-14(9-12)17(19)20/h3,5,7,9,13H,2,4,6,8,10-11H2,1H3. The van der Waals surface area contributed by atoms with Crippen LogP contribution in [0.3, 0.4) is 0 Å². The van der Waals surface area contributed by atoms with E-state index < -0.39 is 26.8 Å². The Balaban J connectivity index is 1.95. The van der Waals surface area contributed by atoms with E-state index in [9.17, 15) is 23.3 Å². The number of carbonyl (C=O) groups is 1. The summed E-state index contributed by atoms with van der Waals surface area (Å²) in [4.78, 5) is 22.4. The number of nitro groups is 1. The molecule has 0 spiro atoms. The van der Waals surface area contributed by atoms with Gasteiger partial charge in [-0.3, -0.25) is 14.9 Å². The molecule has 1 fully saturated rings. The van der Waals surface area contributed by atoms with Gasteiger partial charge in [-0.05, 0) is 25.3 Å². The maximum Gasteiger partial charge on any atom is 0.310 e. The second-order valence-corrected chi connectivity index (χ2v) is 7.89. The van der Waals surface area contributed by atoms with Crippen LogP contribution >= 0.6 is 0 Å². The molecular formula is C15H20N2O6S. The Hall–Kier alpha value is -2.00. The molecule has 9 heteroatoms. The first-order valence-corrected chi connectivity index (χ1v) is 9.32. The van der Waals surface area contributed by atoms with E-state index in [2.05, 4.69) is 0 Å². The third-order valence-corrected chi connectivity index (χ3v) is 5.83. The summed E-state index contributed by atoms with van der Waals surface area (Å²) in [6, 6.07) is 5.87. The molecule has 132 valence electrons. The van der Waals surface area contributed by atoms with Crippen molar-refractivity contribution in [3.05, 3.63) is 39.9 Å². The van der Waals surface area contributed by atoms with Gasteiger partial charge in [-0.1, -0.05) is 12.1 Å². The summed E-state index contributed by atoms with van der Waals surface area (Å²) in [5.41, 5.74) is 0.452. The zero-order valence-electron chi connectivity index (χ0n) is 13.4. The highest BCUT2D eigenvalue weighted by Gasteiger charge is 2.32. The number of nitro benzene ring substituents is 1. The van der Waals surface area contributed by atoms with Crippen molar-refractivity contribution in [2.75, 3.05) is 18.8 Å². The molecule has 1 aromatic carbocycles. The molecule has 1 aliphatic heterocycles. The van der Waals surface area contributed by atoms with Gasteiger partial charge >= 0.3 is 5.97 Å². The fraction of sp³-hybridized carbons (Fsp3) is 0.533. The van der Waals surface area contributed by atoms with Gasteiger partial charge in [-0.25, -0.2) is 12.7 Å². The lowest BCUT2D eigenvalue weighted by Gasteiger charge is -2.30. The predicted molar refractivity (Wildman–Crippen MR) is 86.7 cm³/mol. The van der Waals surface area contributed by atoms with Crippen LogP contribution in [0.5, 0.6) is 0 Å². The van der Waals surface area contributed by atoms with Crippen molar-refractivity contribution >= 4 is 21.7 Å². The molecule has 0 N–H and O–H groups in total. The van der Waals surface area contributed by atoms with Crippen LogP contribution in [0, 0.1) is 16.0 Å². The number of sulfonamides is 1. The second-order valence-electron chi connectivity index (χ2n) is 5.63. The highest BCUT2D eigenvalue weighted by atomic mass is 32.2. The van der Waals surface area contributed by atoms with Crippen LogP contribution in [0.25, 0.3) is 0 Å². The number of nitrogens with zero attached hydrogens (tertiary/aromatic N) is 2. The Bertz CT molecular complexity index is 718. The molecule has 2 rings (SSSR count). The quantitative estimate of drug-likeness (QED) is 0.436. The van der Waals surface area contributed by atoms with Gasteiger partial charge in [0.1, 0.15) is 6.61 Å². The van der Waals surface area contributed by atoms with Crippen LogP contribution in [-0.2, 0) is 26.2 Å². The van der Waals surface area contributed by atoms with Crippen molar-refractivity contribution in [3.63, 3.8) is 0 Å². The number of benzene rings is 1. The third-order valence-electron chi connectivity index (χ3n) is 3.98. The number of carbonyl (C=O) groups excluding carboxylic acids is 1. The van der Waals surface area contributed by atoms with Crippen LogP contribution in [-0.4, -0.2) is 42.5 Å². The van der Waals surface area contributed by atoms with Gasteiger partial charge in [0.25, 0.3) is 5.69 Å². The van der Waals surface area contributed by atoms with E-state index in [4.69, 9.17) is 4.74 Å². The van der Waals surface area contributed by atoms with Crippen molar-refractivity contribution in [1.82, 2.24) is 4.31 Å². The molecule has 0 saturated carbocycles. The van der Waals surface area contributed by atoms with Gasteiger partial charge in [-0.15, -0.1) is 0 Å². The van der Waals surface area contributed by atoms with Gasteiger partial charge in [0, 0.05) is 25.2 Å². The summed E-state index contributed by atoms with van der Waals surface area (Å²) >= 11 is 0. The molecule has 1 aromatic rings. The highest BCUT2D eigenvalue weighted by molar-refractivity contribution is 7.89. The zero-order valence-corrected chi connectivity index (χ0v) is 14.2. The smallest absolute Gasteiger partial charge is 0.310 e. The molecule has 8 nitrogen and oxygen atoms in total. The predicted octanol–water partition coefficient (Wildman–Crippen LogP) is 1.70. The summed E-state index contributed by atoms with van der Waals surface area (Å²) in [5.74, 6) is -0.973. The molecular weight excluding hydrogens is 336 g/mol. The summed E-state index contributed by atoms with van der Waals surface area (Å²) in [6.45, 7) is 2.05. The van der Waals surface area contributed by atoms with E-state index in [1.165, 1.54) is 22.5 Å². The fourth-order valence-corrected chi connectivity index (χ4v) is 3.78. The number of ether oxygens (including phenoxy) is 1. The molecule has 0 amide bonds. The molecule has 1 heterocycles. The van der Waals surface area contributed by atoms with Crippen LogP contribution in [0.15, 0.2) is 24.3 Å². The Labute approximate surface area is 140 Å². The molecule has 24 heavy (non-hydrogen) atoms. The fourth-order valence-electron chi connectivity index (χ4n) is 2.60. The largest absolute Gasteiger partial charge is 0.461 e. The van der Waals surface area contributed by atoms with Crippen LogP contribution < -0.4 is 0 Å². The second kappa shape index (κ2) is 7.71. The van der Waals surface area contributed by atoms with Crippen LogP contribution in [0.4, 0.5) is 5.69 Å². The average molecular weight is 356 g/mol. The lowest BCUT2D eigenvalue weighted by molar-refractivity contribution is -0.384. The minimum Gasteiger partial charge on any atom is -0.461 e. The summed E-state index contributed by atoms with van der Waals surface area (Å²) in [6.07, 6.45) is 1.18. The van der Waals surface area contributed by atoms with E-state index >= 15 is 0 Å². The molecule has 0 aliphatic carbocycles. The van der Waals surface area contributed by atoms with E-state index in [0.29, 0.717) is 24.9 Å². The summed E-state index contributed by atoms with van der Waals surface area (Å²) < 4.78 is 30.4. The van der Waals surface area contributed by atoms with Crippen molar-refractivity contribution in [1.29, 1.82) is 0 Å². The van der Waals surface area contributed by atoms with Gasteiger partial charge in [0.2, 0.25) is 10.0 Å². The minimum atomic E-state index is -3.32. The first kappa shape index (κ1) is 18.3. The van der Waals surface area contributed by atoms with Crippen molar-refractivity contribution in [2.24, 2.45) is 5.92 Å². The first-order valence-electron chi connectivity index (χ1n) is 7.71. The maximum absolute atomic E-state index is 12.2. The summed E-state index contributed by atoms with van der Waals surface area (Å²) in [5, 5.41) is 10.7. The Morgan fingerprint density at radius 1 is 1.46 bits per heavy atom. The Kier molecular flexibility index (Phi) is 5.89. The van der Waals surface area contributed by atoms with Gasteiger partial charge in [0.15, 0.2) is 0 Å². The van der Waals surface area contributed by atoms with Crippen molar-refractivity contribution in [2.45, 2.75) is 26.4 Å². The van der Waals surface area contributed by atoms with Gasteiger partial charge in [-0.2, -0.15) is 0 Å². The lowest BCUT2D eigenvalue weighted by Crippen LogP contribution is -2.43. The normalized spacial score (nSPS) is 19.0. The highest BCUT2D eigenvalue weighted by Crippen LogP contribution is 2.21. The van der Waals surface area contributed by atoms with E-state index in [1.807, 2.05) is 0 Å². The van der Waals surface area contributed by atoms with Crippen LogP contribution in [0.1, 0.15) is 25.3 Å². The number of piperidine rings is 1. The maximum atomic E-state index is 12.2. The van der Waals surface area contributed by atoms with E-state index in [0.717, 1.165) is 0 Å². The van der Waals surface area contributed by atoms with Gasteiger partial charge in [0.05, 0.1) is 16.6 Å². The lowest BCUT2D eigenvalue weighted by atomic mass is 10.00. The Morgan fingerprint density at radius 2 is 2.21 bits per heavy atom. The number of rotatable bonds is 6. The molecule has 1 saturated heterocycles. The third kappa shape index (κ3) is 4.51. The molecule has 1 aliphatic rings. The average Bonchev–Trinajstić information content (AvgIpc) is 2.60.